The van der Waals surface area contributed by atoms with Crippen LogP contribution in [0, 0.1) is 0 Å². The van der Waals surface area contributed by atoms with E-state index < -0.39 is 39.7 Å². The second-order valence-electron chi connectivity index (χ2n) is 7.70. The van der Waals surface area contributed by atoms with Gasteiger partial charge in [0.2, 0.25) is 0 Å². The number of hydrogen-bond acceptors (Lipinski definition) is 4. The lowest BCUT2D eigenvalue weighted by molar-refractivity contribution is -0.0536. The largest absolute Gasteiger partial charge is 0.446 e. The van der Waals surface area contributed by atoms with Crippen LogP contribution < -0.4 is 5.32 Å². The fourth-order valence-electron chi connectivity index (χ4n) is 2.00. The highest BCUT2D eigenvalue weighted by Gasteiger charge is 2.42. The zero-order valence-electron chi connectivity index (χ0n) is 16.2. The number of benzene rings is 1. The Kier molecular flexibility index (Phi) is 7.32. The van der Waals surface area contributed by atoms with Crippen LogP contribution in [0.4, 0.5) is 13.6 Å². The minimum absolute atomic E-state index is 0.0141. The van der Waals surface area contributed by atoms with Gasteiger partial charge in [-0.2, -0.15) is 8.78 Å². The van der Waals surface area contributed by atoms with Crippen molar-refractivity contribution in [1.29, 1.82) is 0 Å². The van der Waals surface area contributed by atoms with Crippen LogP contribution in [0.1, 0.15) is 38.0 Å². The number of carbonyl (C=O) groups is 1. The van der Waals surface area contributed by atoms with Gasteiger partial charge in [-0.25, -0.2) is 4.79 Å². The van der Waals surface area contributed by atoms with E-state index in [-0.39, 0.29) is 16.2 Å². The Hall–Kier alpha value is -1.51. The van der Waals surface area contributed by atoms with Crippen molar-refractivity contribution >= 4 is 14.4 Å². The highest BCUT2D eigenvalue weighted by atomic mass is 28.4. The molecular formula is C18H29F2NO4Si. The van der Waals surface area contributed by atoms with E-state index in [1.807, 2.05) is 33.9 Å². The van der Waals surface area contributed by atoms with Gasteiger partial charge in [0.25, 0.3) is 5.92 Å². The Labute approximate surface area is 154 Å². The SMILES string of the molecule is CNC(=O)OCC(O)c1ccccc1C(F)(F)CO[Si](C)(C)C(C)(C)C. The van der Waals surface area contributed by atoms with Crippen molar-refractivity contribution in [1.82, 2.24) is 5.32 Å². The van der Waals surface area contributed by atoms with Gasteiger partial charge in [-0.1, -0.05) is 45.0 Å². The molecule has 2 N–H and O–H groups in total. The van der Waals surface area contributed by atoms with Crippen molar-refractivity contribution < 1.29 is 27.8 Å². The maximum Gasteiger partial charge on any atom is 0.406 e. The first-order chi connectivity index (χ1) is 11.8. The molecular weight excluding hydrogens is 360 g/mol. The number of ether oxygens (including phenoxy) is 1. The van der Waals surface area contributed by atoms with E-state index in [2.05, 4.69) is 5.32 Å². The predicted octanol–water partition coefficient (Wildman–Crippen LogP) is 4.19. The van der Waals surface area contributed by atoms with Crippen LogP contribution in [0.3, 0.4) is 0 Å². The van der Waals surface area contributed by atoms with E-state index in [1.54, 1.807) is 6.07 Å². The van der Waals surface area contributed by atoms with Crippen LogP contribution >= 0.6 is 0 Å². The summed E-state index contributed by atoms with van der Waals surface area (Å²) < 4.78 is 40.1. The molecule has 8 heteroatoms. The third-order valence-electron chi connectivity index (χ3n) is 4.71. The predicted molar refractivity (Wildman–Crippen MR) is 98.9 cm³/mol. The van der Waals surface area contributed by atoms with Crippen LogP contribution in [-0.2, 0) is 15.1 Å². The Morgan fingerprint density at radius 1 is 1.27 bits per heavy atom. The number of alkyl carbamates (subject to hydrolysis) is 1. The number of hydrogen-bond donors (Lipinski definition) is 2. The van der Waals surface area contributed by atoms with Crippen molar-refractivity contribution in [3.05, 3.63) is 35.4 Å². The van der Waals surface area contributed by atoms with Crippen LogP contribution in [-0.4, -0.2) is 39.8 Å². The molecule has 0 aliphatic carbocycles. The highest BCUT2D eigenvalue weighted by molar-refractivity contribution is 6.74. The van der Waals surface area contributed by atoms with Gasteiger partial charge < -0.3 is 19.6 Å². The smallest absolute Gasteiger partial charge is 0.406 e. The second kappa shape index (κ2) is 8.45. The number of rotatable bonds is 7. The third-order valence-corrected chi connectivity index (χ3v) is 9.19. The van der Waals surface area contributed by atoms with E-state index in [0.717, 1.165) is 0 Å². The van der Waals surface area contributed by atoms with Crippen molar-refractivity contribution in [3.8, 4) is 0 Å². The number of alkyl halides is 2. The van der Waals surface area contributed by atoms with E-state index >= 15 is 0 Å². The summed E-state index contributed by atoms with van der Waals surface area (Å²) in [5, 5.41) is 12.2. The monoisotopic (exact) mass is 389 g/mol. The average molecular weight is 390 g/mol. The molecule has 148 valence electrons. The number of aliphatic hydroxyl groups is 1. The summed E-state index contributed by atoms with van der Waals surface area (Å²) in [6, 6.07) is 5.68. The van der Waals surface area contributed by atoms with Gasteiger partial charge in [0, 0.05) is 12.6 Å². The Balaban J connectivity index is 2.98. The first-order valence-electron chi connectivity index (χ1n) is 8.45. The molecule has 1 atom stereocenters. The van der Waals surface area contributed by atoms with Crippen molar-refractivity contribution in [2.75, 3.05) is 20.3 Å². The molecule has 26 heavy (non-hydrogen) atoms. The molecule has 1 unspecified atom stereocenters. The minimum Gasteiger partial charge on any atom is -0.446 e. The molecule has 1 aromatic carbocycles. The molecule has 0 heterocycles. The van der Waals surface area contributed by atoms with Crippen LogP contribution in [0.25, 0.3) is 0 Å². The molecule has 0 spiro atoms. The molecule has 0 bridgehead atoms. The molecule has 0 aliphatic rings. The van der Waals surface area contributed by atoms with Gasteiger partial charge in [0.15, 0.2) is 8.32 Å². The zero-order valence-corrected chi connectivity index (χ0v) is 17.2. The summed E-state index contributed by atoms with van der Waals surface area (Å²) in [7, 11) is -0.977. The zero-order chi connectivity index (χ0) is 20.2. The highest BCUT2D eigenvalue weighted by Crippen LogP contribution is 2.40. The molecule has 1 aromatic rings. The molecule has 0 radical (unpaired) electrons. The molecule has 1 amide bonds. The first-order valence-corrected chi connectivity index (χ1v) is 11.4. The Bertz CT molecular complexity index is 617. The van der Waals surface area contributed by atoms with E-state index in [9.17, 15) is 18.7 Å². The Morgan fingerprint density at radius 2 is 1.85 bits per heavy atom. The van der Waals surface area contributed by atoms with Crippen LogP contribution in [0.5, 0.6) is 0 Å². The van der Waals surface area contributed by atoms with Gasteiger partial charge in [-0.05, 0) is 23.7 Å². The molecule has 0 fully saturated rings. The molecule has 5 nitrogen and oxygen atoms in total. The summed E-state index contributed by atoms with van der Waals surface area (Å²) in [6.45, 7) is 8.56. The van der Waals surface area contributed by atoms with E-state index in [4.69, 9.17) is 9.16 Å². The van der Waals surface area contributed by atoms with Gasteiger partial charge >= 0.3 is 6.09 Å². The van der Waals surface area contributed by atoms with Crippen molar-refractivity contribution in [2.24, 2.45) is 0 Å². The fourth-order valence-corrected chi connectivity index (χ4v) is 2.98. The van der Waals surface area contributed by atoms with Crippen molar-refractivity contribution in [2.45, 2.75) is 50.9 Å². The van der Waals surface area contributed by atoms with Crippen LogP contribution in [0.2, 0.25) is 18.1 Å². The molecule has 0 saturated carbocycles. The standard InChI is InChI=1S/C18H29F2NO4Si/c1-17(2,3)26(5,6)25-12-18(19,20)14-10-8-7-9-13(14)15(22)11-24-16(23)21-4/h7-10,15,22H,11-12H2,1-6H3,(H,21,23). The summed E-state index contributed by atoms with van der Waals surface area (Å²) in [5.74, 6) is -3.28. The number of amides is 1. The summed E-state index contributed by atoms with van der Waals surface area (Å²) in [4.78, 5) is 11.1. The maximum atomic E-state index is 14.8. The number of aliphatic hydroxyl groups excluding tert-OH is 1. The quantitative estimate of drug-likeness (QED) is 0.686. The summed E-state index contributed by atoms with van der Waals surface area (Å²) >= 11 is 0. The summed E-state index contributed by atoms with van der Waals surface area (Å²) in [6.07, 6.45) is -2.10. The maximum absolute atomic E-state index is 14.8. The molecule has 1 rings (SSSR count). The normalized spacial score (nSPS) is 14.0. The average Bonchev–Trinajstić information content (AvgIpc) is 2.56. The molecule has 0 aliphatic heterocycles. The van der Waals surface area contributed by atoms with Gasteiger partial charge in [0.05, 0.1) is 0 Å². The number of nitrogens with one attached hydrogen (secondary N) is 1. The first kappa shape index (κ1) is 22.5. The topological polar surface area (TPSA) is 67.8 Å². The Morgan fingerprint density at radius 3 is 2.38 bits per heavy atom. The van der Waals surface area contributed by atoms with Gasteiger partial charge in [-0.15, -0.1) is 0 Å². The lowest BCUT2D eigenvalue weighted by atomic mass is 9.98. The number of halogens is 2. The van der Waals surface area contributed by atoms with Crippen molar-refractivity contribution in [3.63, 3.8) is 0 Å². The van der Waals surface area contributed by atoms with E-state index in [1.165, 1.54) is 25.2 Å². The molecule has 0 saturated heterocycles. The lowest BCUT2D eigenvalue weighted by Crippen LogP contribution is -2.43. The third kappa shape index (κ3) is 5.75. The lowest BCUT2D eigenvalue weighted by Gasteiger charge is -2.37. The summed E-state index contributed by atoms with van der Waals surface area (Å²) in [5.41, 5.74) is -0.313. The van der Waals surface area contributed by atoms with Gasteiger partial charge in [-0.3, -0.25) is 0 Å². The van der Waals surface area contributed by atoms with Gasteiger partial charge in [0.1, 0.15) is 19.3 Å². The minimum atomic E-state index is -3.28. The second-order valence-corrected chi connectivity index (χ2v) is 12.5. The molecule has 0 aromatic heterocycles. The van der Waals surface area contributed by atoms with E-state index in [0.29, 0.717) is 0 Å². The van der Waals surface area contributed by atoms with Crippen LogP contribution in [0.15, 0.2) is 24.3 Å². The number of carbonyl (C=O) groups excluding carboxylic acids is 1. The fraction of sp³-hybridized carbons (Fsp3) is 0.611.